The largest absolute Gasteiger partial charge is 0.355 e. The minimum absolute atomic E-state index is 0.0286. The number of aromatic nitrogens is 1. The van der Waals surface area contributed by atoms with Crippen molar-refractivity contribution in [2.45, 2.75) is 50.0 Å². The van der Waals surface area contributed by atoms with E-state index in [0.717, 1.165) is 17.0 Å². The second kappa shape index (κ2) is 11.0. The summed E-state index contributed by atoms with van der Waals surface area (Å²) < 4.78 is 0. The van der Waals surface area contributed by atoms with E-state index < -0.39 is 0 Å². The number of pyridine rings is 1. The predicted octanol–water partition coefficient (Wildman–Crippen LogP) is 4.36. The average Bonchev–Trinajstić information content (AvgIpc) is 2.77. The third-order valence-electron chi connectivity index (χ3n) is 5.36. The second-order valence-electron chi connectivity index (χ2n) is 7.57. The highest BCUT2D eigenvalue weighted by atomic mass is 32.2. The molecule has 0 bridgehead atoms. The fraction of sp³-hybridized carbons (Fsp3) is 0.435. The molecule has 0 radical (unpaired) electrons. The standard InChI is InChI=1S/C23H29N3O2S/c1-17(19-11-13-24-14-12-19)26-23(28)20-9-5-6-10-21(20)29-16-22(27)25-15-18-7-3-2-4-8-18/h5-6,9-14,17-18H,2-4,7-8,15-16H2,1H3,(H,25,27)(H,26,28). The molecule has 1 aromatic carbocycles. The van der Waals surface area contributed by atoms with Crippen molar-refractivity contribution in [1.82, 2.24) is 15.6 Å². The molecule has 1 fully saturated rings. The normalized spacial score (nSPS) is 15.5. The maximum absolute atomic E-state index is 12.8. The molecule has 3 rings (SSSR count). The third kappa shape index (κ3) is 6.60. The Hall–Kier alpha value is -2.34. The summed E-state index contributed by atoms with van der Waals surface area (Å²) in [6.07, 6.45) is 9.73. The number of carbonyl (C=O) groups is 2. The zero-order chi connectivity index (χ0) is 20.5. The fourth-order valence-corrected chi connectivity index (χ4v) is 4.51. The molecule has 2 amide bonds. The molecule has 5 nitrogen and oxygen atoms in total. The monoisotopic (exact) mass is 411 g/mol. The van der Waals surface area contributed by atoms with E-state index in [1.54, 1.807) is 18.5 Å². The van der Waals surface area contributed by atoms with Crippen molar-refractivity contribution in [3.05, 3.63) is 59.9 Å². The molecule has 1 aliphatic rings. The van der Waals surface area contributed by atoms with E-state index >= 15 is 0 Å². The van der Waals surface area contributed by atoms with E-state index in [1.807, 2.05) is 37.3 Å². The summed E-state index contributed by atoms with van der Waals surface area (Å²) >= 11 is 1.41. The topological polar surface area (TPSA) is 71.1 Å². The van der Waals surface area contributed by atoms with Crippen LogP contribution in [0.4, 0.5) is 0 Å². The lowest BCUT2D eigenvalue weighted by molar-refractivity contribution is -0.118. The zero-order valence-corrected chi connectivity index (χ0v) is 17.7. The van der Waals surface area contributed by atoms with Crippen LogP contribution in [0.5, 0.6) is 0 Å². The molecule has 154 valence electrons. The summed E-state index contributed by atoms with van der Waals surface area (Å²) in [5.74, 6) is 0.822. The van der Waals surface area contributed by atoms with Crippen molar-refractivity contribution < 1.29 is 9.59 Å². The van der Waals surface area contributed by atoms with Crippen LogP contribution in [0.1, 0.15) is 61.0 Å². The summed E-state index contributed by atoms with van der Waals surface area (Å²) in [6.45, 7) is 2.71. The predicted molar refractivity (Wildman–Crippen MR) is 117 cm³/mol. The number of amides is 2. The van der Waals surface area contributed by atoms with E-state index in [-0.39, 0.29) is 17.9 Å². The number of carbonyl (C=O) groups excluding carboxylic acids is 2. The van der Waals surface area contributed by atoms with Crippen LogP contribution in [0.25, 0.3) is 0 Å². The molecule has 1 unspecified atom stereocenters. The number of benzene rings is 1. The van der Waals surface area contributed by atoms with Gasteiger partial charge < -0.3 is 10.6 Å². The molecule has 0 aliphatic heterocycles. The van der Waals surface area contributed by atoms with Gasteiger partial charge in [0.15, 0.2) is 0 Å². The lowest BCUT2D eigenvalue weighted by Crippen LogP contribution is -2.31. The molecule has 6 heteroatoms. The van der Waals surface area contributed by atoms with Crippen LogP contribution < -0.4 is 10.6 Å². The summed E-state index contributed by atoms with van der Waals surface area (Å²) in [4.78, 5) is 29.9. The molecular formula is C23H29N3O2S. The Balaban J connectivity index is 1.52. The van der Waals surface area contributed by atoms with Gasteiger partial charge >= 0.3 is 0 Å². The first kappa shape index (κ1) is 21.4. The maximum atomic E-state index is 12.8. The van der Waals surface area contributed by atoms with Gasteiger partial charge in [-0.3, -0.25) is 14.6 Å². The summed E-state index contributed by atoms with van der Waals surface area (Å²) in [6, 6.07) is 11.1. The van der Waals surface area contributed by atoms with Gasteiger partial charge in [-0.15, -0.1) is 11.8 Å². The van der Waals surface area contributed by atoms with Gasteiger partial charge in [0.05, 0.1) is 17.4 Å². The number of thioether (sulfide) groups is 1. The van der Waals surface area contributed by atoms with Crippen molar-refractivity contribution in [2.75, 3.05) is 12.3 Å². The highest BCUT2D eigenvalue weighted by Gasteiger charge is 2.17. The SMILES string of the molecule is CC(NC(=O)c1ccccc1SCC(=O)NCC1CCCCC1)c1ccncc1. The Morgan fingerprint density at radius 1 is 1.10 bits per heavy atom. The molecule has 1 heterocycles. The van der Waals surface area contributed by atoms with Crippen LogP contribution in [-0.2, 0) is 4.79 Å². The van der Waals surface area contributed by atoms with Gasteiger partial charge in [0, 0.05) is 23.8 Å². The van der Waals surface area contributed by atoms with Gasteiger partial charge in [0.1, 0.15) is 0 Å². The van der Waals surface area contributed by atoms with Crippen molar-refractivity contribution >= 4 is 23.6 Å². The van der Waals surface area contributed by atoms with Crippen molar-refractivity contribution in [3.8, 4) is 0 Å². The highest BCUT2D eigenvalue weighted by Crippen LogP contribution is 2.25. The van der Waals surface area contributed by atoms with E-state index in [9.17, 15) is 9.59 Å². The van der Waals surface area contributed by atoms with Gasteiger partial charge in [-0.2, -0.15) is 0 Å². The first-order valence-electron chi connectivity index (χ1n) is 10.3. The van der Waals surface area contributed by atoms with Crippen LogP contribution in [0.15, 0.2) is 53.7 Å². The van der Waals surface area contributed by atoms with Crippen molar-refractivity contribution in [3.63, 3.8) is 0 Å². The van der Waals surface area contributed by atoms with Crippen LogP contribution in [0, 0.1) is 5.92 Å². The average molecular weight is 412 g/mol. The first-order valence-corrected chi connectivity index (χ1v) is 11.3. The first-order chi connectivity index (χ1) is 14.1. The molecular weight excluding hydrogens is 382 g/mol. The molecule has 1 atom stereocenters. The molecule has 29 heavy (non-hydrogen) atoms. The third-order valence-corrected chi connectivity index (χ3v) is 6.43. The number of nitrogens with zero attached hydrogens (tertiary/aromatic N) is 1. The molecule has 1 saturated carbocycles. The van der Waals surface area contributed by atoms with Gasteiger partial charge in [-0.1, -0.05) is 31.4 Å². The Bertz CT molecular complexity index is 807. The number of hydrogen-bond acceptors (Lipinski definition) is 4. The molecule has 2 N–H and O–H groups in total. The van der Waals surface area contributed by atoms with E-state index in [0.29, 0.717) is 17.2 Å². The molecule has 2 aromatic rings. The summed E-state index contributed by atoms with van der Waals surface area (Å²) in [5, 5.41) is 6.09. The zero-order valence-electron chi connectivity index (χ0n) is 16.9. The van der Waals surface area contributed by atoms with E-state index in [2.05, 4.69) is 15.6 Å². The van der Waals surface area contributed by atoms with Gasteiger partial charge in [0.25, 0.3) is 5.91 Å². The van der Waals surface area contributed by atoms with Gasteiger partial charge in [-0.05, 0) is 55.5 Å². The molecule has 0 spiro atoms. The smallest absolute Gasteiger partial charge is 0.252 e. The minimum atomic E-state index is -0.139. The fourth-order valence-electron chi connectivity index (χ4n) is 3.63. The molecule has 0 saturated heterocycles. The lowest BCUT2D eigenvalue weighted by Gasteiger charge is -2.21. The van der Waals surface area contributed by atoms with E-state index in [1.165, 1.54) is 43.9 Å². The Morgan fingerprint density at radius 3 is 2.59 bits per heavy atom. The number of hydrogen-bond donors (Lipinski definition) is 2. The van der Waals surface area contributed by atoms with Gasteiger partial charge in [0.2, 0.25) is 5.91 Å². The Morgan fingerprint density at radius 2 is 1.83 bits per heavy atom. The second-order valence-corrected chi connectivity index (χ2v) is 8.59. The molecule has 1 aromatic heterocycles. The Labute approximate surface area is 177 Å². The lowest BCUT2D eigenvalue weighted by atomic mass is 9.89. The van der Waals surface area contributed by atoms with Crippen molar-refractivity contribution in [2.24, 2.45) is 5.92 Å². The van der Waals surface area contributed by atoms with Crippen LogP contribution in [-0.4, -0.2) is 29.1 Å². The summed E-state index contributed by atoms with van der Waals surface area (Å²) in [7, 11) is 0. The summed E-state index contributed by atoms with van der Waals surface area (Å²) in [5.41, 5.74) is 1.60. The number of nitrogens with one attached hydrogen (secondary N) is 2. The van der Waals surface area contributed by atoms with Crippen molar-refractivity contribution in [1.29, 1.82) is 0 Å². The molecule has 1 aliphatic carbocycles. The number of rotatable bonds is 8. The van der Waals surface area contributed by atoms with E-state index in [4.69, 9.17) is 0 Å². The quantitative estimate of drug-likeness (QED) is 0.633. The highest BCUT2D eigenvalue weighted by molar-refractivity contribution is 8.00. The maximum Gasteiger partial charge on any atom is 0.252 e. The van der Waals surface area contributed by atoms with Crippen LogP contribution in [0.2, 0.25) is 0 Å². The van der Waals surface area contributed by atoms with Gasteiger partial charge in [-0.25, -0.2) is 0 Å². The van der Waals surface area contributed by atoms with Crippen LogP contribution in [0.3, 0.4) is 0 Å². The minimum Gasteiger partial charge on any atom is -0.355 e. The van der Waals surface area contributed by atoms with Crippen LogP contribution >= 0.6 is 11.8 Å². The Kier molecular flexibility index (Phi) is 8.11.